The van der Waals surface area contributed by atoms with E-state index < -0.39 is 0 Å². The number of halogens is 1. The van der Waals surface area contributed by atoms with Gasteiger partial charge in [0.1, 0.15) is 0 Å². The van der Waals surface area contributed by atoms with Crippen molar-refractivity contribution in [3.63, 3.8) is 0 Å². The minimum absolute atomic E-state index is 0.0786. The van der Waals surface area contributed by atoms with Crippen LogP contribution in [0, 0.1) is 0 Å². The number of benzene rings is 1. The smallest absolute Gasteiger partial charge is 0.164 e. The van der Waals surface area contributed by atoms with Gasteiger partial charge < -0.3 is 15.2 Å². The maximum atomic E-state index is 6.18. The van der Waals surface area contributed by atoms with Crippen LogP contribution in [0.4, 0.5) is 0 Å². The van der Waals surface area contributed by atoms with Gasteiger partial charge in [0.15, 0.2) is 11.5 Å². The monoisotopic (exact) mass is 269 g/mol. The fourth-order valence-electron chi connectivity index (χ4n) is 1.99. The first-order chi connectivity index (χ1) is 8.43. The van der Waals surface area contributed by atoms with E-state index in [2.05, 4.69) is 0 Å². The summed E-state index contributed by atoms with van der Waals surface area (Å²) in [5, 5.41) is 0.655. The van der Waals surface area contributed by atoms with Crippen molar-refractivity contribution in [3.8, 4) is 11.5 Å². The van der Waals surface area contributed by atoms with Gasteiger partial charge in [0.05, 0.1) is 13.2 Å². The average Bonchev–Trinajstić information content (AvgIpc) is 2.99. The molecule has 0 aliphatic heterocycles. The molecule has 0 aromatic heterocycles. The number of methoxy groups -OCH3 is 1. The molecule has 1 aromatic carbocycles. The minimum atomic E-state index is -0.0786. The third-order valence-corrected chi connectivity index (χ3v) is 3.32. The van der Waals surface area contributed by atoms with E-state index in [9.17, 15) is 0 Å². The van der Waals surface area contributed by atoms with E-state index in [1.165, 1.54) is 0 Å². The predicted octanol–water partition coefficient (Wildman–Crippen LogP) is 3.17. The van der Waals surface area contributed by atoms with Crippen LogP contribution < -0.4 is 15.2 Å². The van der Waals surface area contributed by atoms with Gasteiger partial charge in [0.2, 0.25) is 0 Å². The zero-order valence-electron chi connectivity index (χ0n) is 11.1. The first-order valence-electron chi connectivity index (χ1n) is 6.25. The van der Waals surface area contributed by atoms with Crippen molar-refractivity contribution in [2.45, 2.75) is 44.8 Å². The van der Waals surface area contributed by atoms with Crippen LogP contribution in [-0.2, 0) is 6.42 Å². The van der Waals surface area contributed by atoms with Gasteiger partial charge in [-0.1, -0.05) is 11.6 Å². The molecule has 0 saturated heterocycles. The van der Waals surface area contributed by atoms with E-state index in [0.29, 0.717) is 10.8 Å². The Morgan fingerprint density at radius 3 is 2.56 bits per heavy atom. The molecule has 0 spiro atoms. The molecule has 100 valence electrons. The Labute approximate surface area is 113 Å². The summed E-state index contributed by atoms with van der Waals surface area (Å²) in [6.07, 6.45) is 2.99. The molecular formula is C14H20ClNO2. The van der Waals surface area contributed by atoms with Crippen LogP contribution in [0.15, 0.2) is 12.1 Å². The van der Waals surface area contributed by atoms with Gasteiger partial charge in [-0.2, -0.15) is 0 Å². The van der Waals surface area contributed by atoms with E-state index in [-0.39, 0.29) is 11.6 Å². The topological polar surface area (TPSA) is 44.5 Å². The van der Waals surface area contributed by atoms with Crippen molar-refractivity contribution in [2.24, 2.45) is 5.73 Å². The highest BCUT2D eigenvalue weighted by Gasteiger charge is 2.39. The van der Waals surface area contributed by atoms with Crippen LogP contribution in [0.5, 0.6) is 11.5 Å². The van der Waals surface area contributed by atoms with Gasteiger partial charge >= 0.3 is 0 Å². The van der Waals surface area contributed by atoms with Gasteiger partial charge in [0, 0.05) is 22.2 Å². The van der Waals surface area contributed by atoms with E-state index >= 15 is 0 Å². The highest BCUT2D eigenvalue weighted by Crippen LogP contribution is 2.42. The molecule has 1 aliphatic rings. The Morgan fingerprint density at radius 1 is 1.39 bits per heavy atom. The van der Waals surface area contributed by atoms with Crippen LogP contribution in [0.25, 0.3) is 0 Å². The van der Waals surface area contributed by atoms with E-state index in [1.54, 1.807) is 13.2 Å². The average molecular weight is 270 g/mol. The summed E-state index contributed by atoms with van der Waals surface area (Å²) < 4.78 is 11.2. The molecule has 1 saturated carbocycles. The Kier molecular flexibility index (Phi) is 3.74. The molecule has 1 fully saturated rings. The Balaban J connectivity index is 2.36. The largest absolute Gasteiger partial charge is 0.493 e. The molecule has 0 unspecified atom stereocenters. The number of rotatable bonds is 5. The predicted molar refractivity (Wildman–Crippen MR) is 73.6 cm³/mol. The molecule has 0 atom stereocenters. The molecule has 18 heavy (non-hydrogen) atoms. The second-order valence-electron chi connectivity index (χ2n) is 5.30. The third-order valence-electron chi connectivity index (χ3n) is 3.10. The van der Waals surface area contributed by atoms with Gasteiger partial charge in [0.25, 0.3) is 0 Å². The molecular weight excluding hydrogens is 250 g/mol. The van der Waals surface area contributed by atoms with Gasteiger partial charge in [-0.15, -0.1) is 0 Å². The first-order valence-corrected chi connectivity index (χ1v) is 6.63. The van der Waals surface area contributed by atoms with Crippen LogP contribution >= 0.6 is 11.6 Å². The van der Waals surface area contributed by atoms with Crippen molar-refractivity contribution < 1.29 is 9.47 Å². The fraction of sp³-hybridized carbons (Fsp3) is 0.571. The van der Waals surface area contributed by atoms with Gasteiger partial charge in [-0.05, 0) is 39.2 Å². The summed E-state index contributed by atoms with van der Waals surface area (Å²) in [4.78, 5) is 0. The van der Waals surface area contributed by atoms with E-state index in [0.717, 1.165) is 30.6 Å². The SMILES string of the molecule is COc1cc(Cl)cc(CC2(N)CC2)c1OC(C)C. The molecule has 0 bridgehead atoms. The number of hydrogen-bond donors (Lipinski definition) is 1. The maximum Gasteiger partial charge on any atom is 0.164 e. The Bertz CT molecular complexity index is 442. The lowest BCUT2D eigenvalue weighted by molar-refractivity contribution is 0.227. The van der Waals surface area contributed by atoms with Crippen molar-refractivity contribution in [1.29, 1.82) is 0 Å². The van der Waals surface area contributed by atoms with Gasteiger partial charge in [-0.25, -0.2) is 0 Å². The molecule has 2 N–H and O–H groups in total. The molecule has 1 aliphatic carbocycles. The molecule has 0 radical (unpaired) electrons. The molecule has 4 heteroatoms. The lowest BCUT2D eigenvalue weighted by Gasteiger charge is -2.19. The lowest BCUT2D eigenvalue weighted by Crippen LogP contribution is -2.25. The Morgan fingerprint density at radius 2 is 2.06 bits per heavy atom. The van der Waals surface area contributed by atoms with Crippen LogP contribution in [-0.4, -0.2) is 18.8 Å². The zero-order valence-corrected chi connectivity index (χ0v) is 11.9. The molecule has 1 aromatic rings. The van der Waals surface area contributed by atoms with Crippen molar-refractivity contribution in [2.75, 3.05) is 7.11 Å². The molecule has 0 heterocycles. The summed E-state index contributed by atoms with van der Waals surface area (Å²) >= 11 is 6.11. The third kappa shape index (κ3) is 3.09. The highest BCUT2D eigenvalue weighted by atomic mass is 35.5. The summed E-state index contributed by atoms with van der Waals surface area (Å²) in [7, 11) is 1.62. The normalized spacial score (nSPS) is 16.8. The van der Waals surface area contributed by atoms with E-state index in [4.69, 9.17) is 26.8 Å². The second kappa shape index (κ2) is 4.98. The van der Waals surface area contributed by atoms with Crippen molar-refractivity contribution in [3.05, 3.63) is 22.7 Å². The van der Waals surface area contributed by atoms with Gasteiger partial charge in [-0.3, -0.25) is 0 Å². The van der Waals surface area contributed by atoms with Crippen molar-refractivity contribution >= 4 is 11.6 Å². The molecule has 2 rings (SSSR count). The summed E-state index contributed by atoms with van der Waals surface area (Å²) in [5.41, 5.74) is 7.14. The summed E-state index contributed by atoms with van der Waals surface area (Å²) in [5.74, 6) is 1.45. The maximum absolute atomic E-state index is 6.18. The summed E-state index contributed by atoms with van der Waals surface area (Å²) in [6, 6.07) is 3.70. The quantitative estimate of drug-likeness (QED) is 0.893. The highest BCUT2D eigenvalue weighted by molar-refractivity contribution is 6.30. The van der Waals surface area contributed by atoms with Crippen LogP contribution in [0.3, 0.4) is 0 Å². The van der Waals surface area contributed by atoms with E-state index in [1.807, 2.05) is 19.9 Å². The second-order valence-corrected chi connectivity index (χ2v) is 5.74. The number of ether oxygens (including phenoxy) is 2. The zero-order chi connectivity index (χ0) is 13.3. The number of hydrogen-bond acceptors (Lipinski definition) is 3. The standard InChI is InChI=1S/C14H20ClNO2/c1-9(2)18-13-10(8-14(16)4-5-14)6-11(15)7-12(13)17-3/h6-7,9H,4-5,8,16H2,1-3H3. The lowest BCUT2D eigenvalue weighted by atomic mass is 10.0. The first kappa shape index (κ1) is 13.5. The van der Waals surface area contributed by atoms with Crippen LogP contribution in [0.1, 0.15) is 32.3 Å². The van der Waals surface area contributed by atoms with Crippen LogP contribution in [0.2, 0.25) is 5.02 Å². The van der Waals surface area contributed by atoms with Crippen molar-refractivity contribution in [1.82, 2.24) is 0 Å². The summed E-state index contributed by atoms with van der Waals surface area (Å²) in [6.45, 7) is 3.99. The number of nitrogens with two attached hydrogens (primary N) is 1. The minimum Gasteiger partial charge on any atom is -0.493 e. The molecule has 3 nitrogen and oxygen atoms in total. The molecule has 0 amide bonds. The fourth-order valence-corrected chi connectivity index (χ4v) is 2.22. The Hall–Kier alpha value is -0.930.